The van der Waals surface area contributed by atoms with Crippen LogP contribution in [-0.4, -0.2) is 36.4 Å². The predicted octanol–water partition coefficient (Wildman–Crippen LogP) is 1.47. The Morgan fingerprint density at radius 2 is 2.11 bits per heavy atom. The van der Waals surface area contributed by atoms with E-state index in [4.69, 9.17) is 4.74 Å². The predicted molar refractivity (Wildman–Crippen MR) is 69.1 cm³/mol. The number of rotatable bonds is 3. The molecule has 1 heterocycles. The smallest absolute Gasteiger partial charge is 0.225 e. The fraction of sp³-hybridized carbons (Fsp3) is 0.929. The molecular weight excluding hydrogens is 230 g/mol. The summed E-state index contributed by atoms with van der Waals surface area (Å²) in [6.07, 6.45) is 5.82. The molecular formula is C14H25NO3. The van der Waals surface area contributed by atoms with E-state index in [0.717, 1.165) is 45.1 Å². The van der Waals surface area contributed by atoms with Crippen molar-refractivity contribution in [2.45, 2.75) is 51.0 Å². The summed E-state index contributed by atoms with van der Waals surface area (Å²) >= 11 is 0. The van der Waals surface area contributed by atoms with Crippen molar-refractivity contribution in [1.82, 2.24) is 5.32 Å². The summed E-state index contributed by atoms with van der Waals surface area (Å²) in [6, 6.07) is 0. The Labute approximate surface area is 109 Å². The third kappa shape index (κ3) is 3.23. The van der Waals surface area contributed by atoms with Crippen molar-refractivity contribution in [1.29, 1.82) is 0 Å². The molecule has 0 spiro atoms. The highest BCUT2D eigenvalue weighted by molar-refractivity contribution is 5.79. The number of aliphatic hydroxyl groups is 1. The summed E-state index contributed by atoms with van der Waals surface area (Å²) in [5.74, 6) is 0.749. The molecule has 2 aliphatic rings. The average molecular weight is 255 g/mol. The highest BCUT2D eigenvalue weighted by Gasteiger charge is 2.36. The van der Waals surface area contributed by atoms with Crippen molar-refractivity contribution in [3.63, 3.8) is 0 Å². The van der Waals surface area contributed by atoms with Gasteiger partial charge in [-0.05, 0) is 44.4 Å². The van der Waals surface area contributed by atoms with E-state index in [9.17, 15) is 9.90 Å². The van der Waals surface area contributed by atoms with Crippen molar-refractivity contribution >= 4 is 5.91 Å². The van der Waals surface area contributed by atoms with E-state index in [1.807, 2.05) is 0 Å². The second kappa shape index (κ2) is 6.02. The van der Waals surface area contributed by atoms with Crippen molar-refractivity contribution < 1.29 is 14.6 Å². The van der Waals surface area contributed by atoms with Gasteiger partial charge in [0.15, 0.2) is 0 Å². The third-order valence-electron chi connectivity index (χ3n) is 4.45. The Hall–Kier alpha value is -0.610. The lowest BCUT2D eigenvalue weighted by molar-refractivity contribution is -0.132. The van der Waals surface area contributed by atoms with Crippen LogP contribution in [0.5, 0.6) is 0 Å². The largest absolute Gasteiger partial charge is 0.394 e. The van der Waals surface area contributed by atoms with Gasteiger partial charge in [0, 0.05) is 6.61 Å². The van der Waals surface area contributed by atoms with Gasteiger partial charge in [0.25, 0.3) is 0 Å². The quantitative estimate of drug-likeness (QED) is 0.803. The highest BCUT2D eigenvalue weighted by atomic mass is 16.5. The van der Waals surface area contributed by atoms with E-state index in [-0.39, 0.29) is 24.0 Å². The van der Waals surface area contributed by atoms with Crippen LogP contribution in [0.2, 0.25) is 0 Å². The van der Waals surface area contributed by atoms with E-state index in [1.54, 1.807) is 0 Å². The first-order valence-electron chi connectivity index (χ1n) is 7.16. The Kier molecular flexibility index (Phi) is 4.62. The molecule has 104 valence electrons. The van der Waals surface area contributed by atoms with Gasteiger partial charge < -0.3 is 15.2 Å². The lowest BCUT2D eigenvalue weighted by atomic mass is 9.77. The molecule has 1 aliphatic carbocycles. The lowest BCUT2D eigenvalue weighted by Crippen LogP contribution is -2.55. The van der Waals surface area contributed by atoms with Gasteiger partial charge in [-0.3, -0.25) is 4.79 Å². The van der Waals surface area contributed by atoms with Crippen molar-refractivity contribution in [2.24, 2.45) is 11.8 Å². The van der Waals surface area contributed by atoms with E-state index in [1.165, 1.54) is 0 Å². The standard InChI is InChI=1S/C14H25NO3/c1-11-4-6-14(10-16,7-5-11)15-13(17)12-3-2-8-18-9-12/h11-12,16H,2-10H2,1H3,(H,15,17). The summed E-state index contributed by atoms with van der Waals surface area (Å²) < 4.78 is 5.35. The third-order valence-corrected chi connectivity index (χ3v) is 4.45. The molecule has 1 saturated carbocycles. The maximum atomic E-state index is 12.2. The molecule has 1 aliphatic heterocycles. The monoisotopic (exact) mass is 255 g/mol. The zero-order valence-corrected chi connectivity index (χ0v) is 11.3. The fourth-order valence-electron chi connectivity index (χ4n) is 2.95. The molecule has 2 rings (SSSR count). The van der Waals surface area contributed by atoms with Gasteiger partial charge in [-0.1, -0.05) is 6.92 Å². The van der Waals surface area contributed by atoms with Gasteiger partial charge in [-0.25, -0.2) is 0 Å². The van der Waals surface area contributed by atoms with Crippen LogP contribution in [0, 0.1) is 11.8 Å². The second-order valence-corrected chi connectivity index (χ2v) is 6.02. The van der Waals surface area contributed by atoms with Crippen LogP contribution in [0.25, 0.3) is 0 Å². The van der Waals surface area contributed by atoms with Crippen molar-refractivity contribution in [3.8, 4) is 0 Å². The summed E-state index contributed by atoms with van der Waals surface area (Å²) in [7, 11) is 0. The number of hydrogen-bond donors (Lipinski definition) is 2. The Morgan fingerprint density at radius 3 is 2.67 bits per heavy atom. The first-order chi connectivity index (χ1) is 8.65. The van der Waals surface area contributed by atoms with Crippen LogP contribution < -0.4 is 5.32 Å². The molecule has 0 aromatic rings. The van der Waals surface area contributed by atoms with Crippen molar-refractivity contribution in [3.05, 3.63) is 0 Å². The van der Waals surface area contributed by atoms with Crippen molar-refractivity contribution in [2.75, 3.05) is 19.8 Å². The van der Waals surface area contributed by atoms with Gasteiger partial charge >= 0.3 is 0 Å². The zero-order chi connectivity index (χ0) is 13.0. The number of aliphatic hydroxyl groups excluding tert-OH is 1. The molecule has 0 aromatic heterocycles. The van der Waals surface area contributed by atoms with E-state index in [2.05, 4.69) is 12.2 Å². The molecule has 2 N–H and O–H groups in total. The Bertz CT molecular complexity index is 279. The SMILES string of the molecule is CC1CCC(CO)(NC(=O)C2CCCOC2)CC1. The summed E-state index contributed by atoms with van der Waals surface area (Å²) in [6.45, 7) is 3.59. The fourth-order valence-corrected chi connectivity index (χ4v) is 2.95. The molecule has 0 bridgehead atoms. The molecule has 2 fully saturated rings. The molecule has 1 saturated heterocycles. The van der Waals surface area contributed by atoms with Crippen LogP contribution in [0.4, 0.5) is 0 Å². The zero-order valence-electron chi connectivity index (χ0n) is 11.3. The normalized spacial score (nSPS) is 37.2. The van der Waals surface area contributed by atoms with Gasteiger partial charge in [0.1, 0.15) is 0 Å². The van der Waals surface area contributed by atoms with Crippen LogP contribution in [-0.2, 0) is 9.53 Å². The van der Waals surface area contributed by atoms with E-state index in [0.29, 0.717) is 12.5 Å². The molecule has 1 amide bonds. The Morgan fingerprint density at radius 1 is 1.39 bits per heavy atom. The molecule has 4 heteroatoms. The highest BCUT2D eigenvalue weighted by Crippen LogP contribution is 2.32. The van der Waals surface area contributed by atoms with Gasteiger partial charge in [0.2, 0.25) is 5.91 Å². The molecule has 0 radical (unpaired) electrons. The molecule has 18 heavy (non-hydrogen) atoms. The molecule has 0 aromatic carbocycles. The maximum absolute atomic E-state index is 12.2. The Balaban J connectivity index is 1.90. The van der Waals surface area contributed by atoms with Crippen LogP contribution >= 0.6 is 0 Å². The number of nitrogens with one attached hydrogen (secondary N) is 1. The minimum atomic E-state index is -0.374. The van der Waals surface area contributed by atoms with E-state index >= 15 is 0 Å². The van der Waals surface area contributed by atoms with Gasteiger partial charge in [-0.2, -0.15) is 0 Å². The van der Waals surface area contributed by atoms with Crippen LogP contribution in [0.1, 0.15) is 45.4 Å². The van der Waals surface area contributed by atoms with E-state index < -0.39 is 0 Å². The minimum Gasteiger partial charge on any atom is -0.394 e. The summed E-state index contributed by atoms with van der Waals surface area (Å²) in [5.41, 5.74) is -0.374. The second-order valence-electron chi connectivity index (χ2n) is 6.02. The topological polar surface area (TPSA) is 58.6 Å². The van der Waals surface area contributed by atoms with Gasteiger partial charge in [0.05, 0.1) is 24.7 Å². The molecule has 4 nitrogen and oxygen atoms in total. The minimum absolute atomic E-state index is 0.0264. The van der Waals surface area contributed by atoms with Crippen LogP contribution in [0.15, 0.2) is 0 Å². The number of amides is 1. The number of hydrogen-bond acceptors (Lipinski definition) is 3. The summed E-state index contributed by atoms with van der Waals surface area (Å²) in [5, 5.41) is 12.7. The summed E-state index contributed by atoms with van der Waals surface area (Å²) in [4.78, 5) is 12.2. The average Bonchev–Trinajstić information content (AvgIpc) is 2.43. The first kappa shape index (κ1) is 13.8. The van der Waals surface area contributed by atoms with Gasteiger partial charge in [-0.15, -0.1) is 0 Å². The number of carbonyl (C=O) groups excluding carboxylic acids is 1. The molecule has 1 unspecified atom stereocenters. The molecule has 1 atom stereocenters. The number of carbonyl (C=O) groups is 1. The van der Waals surface area contributed by atoms with Crippen LogP contribution in [0.3, 0.4) is 0 Å². The first-order valence-corrected chi connectivity index (χ1v) is 7.16. The lowest BCUT2D eigenvalue weighted by Gasteiger charge is -2.40. The number of ether oxygens (including phenoxy) is 1. The maximum Gasteiger partial charge on any atom is 0.225 e.